The lowest BCUT2D eigenvalue weighted by Crippen LogP contribution is -2.41. The largest absolute Gasteiger partial charge is 0.490 e. The van der Waals surface area contributed by atoms with Gasteiger partial charge in [-0.1, -0.05) is 17.7 Å². The first-order chi connectivity index (χ1) is 11.5. The molecule has 1 aliphatic rings. The topological polar surface area (TPSA) is 29.5 Å². The number of benzene rings is 2. The van der Waals surface area contributed by atoms with Gasteiger partial charge >= 0.3 is 0 Å². The van der Waals surface area contributed by atoms with Crippen LogP contribution < -0.4 is 4.74 Å². The molecule has 24 heavy (non-hydrogen) atoms. The molecule has 0 saturated carbocycles. The summed E-state index contributed by atoms with van der Waals surface area (Å²) in [7, 11) is 0. The highest BCUT2D eigenvalue weighted by Crippen LogP contribution is 2.23. The zero-order valence-electron chi connectivity index (χ0n) is 12.8. The van der Waals surface area contributed by atoms with Gasteiger partial charge in [-0.3, -0.25) is 4.79 Å². The van der Waals surface area contributed by atoms with Crippen molar-refractivity contribution in [2.45, 2.75) is 18.9 Å². The van der Waals surface area contributed by atoms with E-state index in [1.165, 1.54) is 6.07 Å². The molecule has 126 valence electrons. The Bertz CT molecular complexity index is 746. The van der Waals surface area contributed by atoms with Crippen LogP contribution in [0.3, 0.4) is 0 Å². The zero-order valence-corrected chi connectivity index (χ0v) is 13.6. The van der Waals surface area contributed by atoms with Crippen LogP contribution in [-0.4, -0.2) is 30.0 Å². The molecular formula is C18H16ClF2NO2. The number of amides is 1. The maximum absolute atomic E-state index is 13.3. The van der Waals surface area contributed by atoms with Crippen LogP contribution in [-0.2, 0) is 0 Å². The molecule has 0 radical (unpaired) electrons. The normalized spacial score (nSPS) is 15.4. The van der Waals surface area contributed by atoms with E-state index in [-0.39, 0.29) is 17.6 Å². The van der Waals surface area contributed by atoms with Crippen LogP contribution in [0.4, 0.5) is 8.78 Å². The monoisotopic (exact) mass is 351 g/mol. The summed E-state index contributed by atoms with van der Waals surface area (Å²) in [5.74, 6) is -1.57. The molecule has 2 aromatic carbocycles. The second-order valence-electron chi connectivity index (χ2n) is 5.70. The molecule has 0 aromatic heterocycles. The van der Waals surface area contributed by atoms with Crippen LogP contribution in [0.5, 0.6) is 5.75 Å². The Morgan fingerprint density at radius 3 is 2.50 bits per heavy atom. The van der Waals surface area contributed by atoms with E-state index >= 15 is 0 Å². The van der Waals surface area contributed by atoms with Gasteiger partial charge in [0, 0.05) is 36.5 Å². The molecule has 1 saturated heterocycles. The number of hydrogen-bond donors (Lipinski definition) is 0. The van der Waals surface area contributed by atoms with E-state index in [1.54, 1.807) is 17.0 Å². The molecule has 0 spiro atoms. The van der Waals surface area contributed by atoms with Crippen LogP contribution in [0.2, 0.25) is 5.02 Å². The summed E-state index contributed by atoms with van der Waals surface area (Å²) in [5.41, 5.74) is 0.156. The summed E-state index contributed by atoms with van der Waals surface area (Å²) in [6, 6.07) is 10.4. The average Bonchev–Trinajstić information content (AvgIpc) is 2.57. The number of likely N-dealkylation sites (tertiary alicyclic amines) is 1. The lowest BCUT2D eigenvalue weighted by Gasteiger charge is -2.32. The number of rotatable bonds is 3. The molecule has 1 amide bonds. The maximum Gasteiger partial charge on any atom is 0.253 e. The first-order valence-corrected chi connectivity index (χ1v) is 8.07. The molecule has 0 unspecified atom stereocenters. The fourth-order valence-corrected chi connectivity index (χ4v) is 2.90. The lowest BCUT2D eigenvalue weighted by atomic mass is 10.1. The summed E-state index contributed by atoms with van der Waals surface area (Å²) < 4.78 is 32.1. The van der Waals surface area contributed by atoms with E-state index in [4.69, 9.17) is 16.3 Å². The van der Waals surface area contributed by atoms with Crippen molar-refractivity contribution in [3.63, 3.8) is 0 Å². The van der Waals surface area contributed by atoms with E-state index in [9.17, 15) is 13.6 Å². The summed E-state index contributed by atoms with van der Waals surface area (Å²) in [6.45, 7) is 1.01. The van der Waals surface area contributed by atoms with E-state index in [1.807, 2.05) is 12.1 Å². The first kappa shape index (κ1) is 16.7. The van der Waals surface area contributed by atoms with Crippen molar-refractivity contribution in [2.24, 2.45) is 0 Å². The SMILES string of the molecule is O=C(c1ccc(F)c(F)c1)N1CCC(Oc2cccc(Cl)c2)CC1. The maximum atomic E-state index is 13.3. The van der Waals surface area contributed by atoms with Gasteiger partial charge in [0.2, 0.25) is 0 Å². The molecule has 6 heteroatoms. The number of nitrogens with zero attached hydrogens (tertiary/aromatic N) is 1. The van der Waals surface area contributed by atoms with Crippen LogP contribution >= 0.6 is 11.6 Å². The summed E-state index contributed by atoms with van der Waals surface area (Å²) >= 11 is 5.93. The zero-order chi connectivity index (χ0) is 17.1. The van der Waals surface area contributed by atoms with Gasteiger partial charge in [-0.2, -0.15) is 0 Å². The molecule has 0 aliphatic carbocycles. The molecule has 3 nitrogen and oxygen atoms in total. The van der Waals surface area contributed by atoms with Crippen LogP contribution in [0.1, 0.15) is 23.2 Å². The Kier molecular flexibility index (Phi) is 5.00. The fraction of sp³-hybridized carbons (Fsp3) is 0.278. The number of carbonyl (C=O) groups is 1. The Morgan fingerprint density at radius 2 is 1.83 bits per heavy atom. The standard InChI is InChI=1S/C18H16ClF2NO2/c19-13-2-1-3-15(11-13)24-14-6-8-22(9-7-14)18(23)12-4-5-16(20)17(21)10-12/h1-5,10-11,14H,6-9H2. The molecule has 1 aliphatic heterocycles. The third-order valence-corrected chi connectivity index (χ3v) is 4.23. The molecule has 1 heterocycles. The summed E-state index contributed by atoms with van der Waals surface area (Å²) in [6.07, 6.45) is 1.33. The first-order valence-electron chi connectivity index (χ1n) is 7.69. The van der Waals surface area contributed by atoms with Gasteiger partial charge in [0.1, 0.15) is 11.9 Å². The quantitative estimate of drug-likeness (QED) is 0.825. The number of ether oxygens (including phenoxy) is 1. The van der Waals surface area contributed by atoms with E-state index in [0.717, 1.165) is 12.1 Å². The Balaban J connectivity index is 1.58. The Morgan fingerprint density at radius 1 is 1.08 bits per heavy atom. The summed E-state index contributed by atoms with van der Waals surface area (Å²) in [4.78, 5) is 14.0. The van der Waals surface area contributed by atoms with Crippen LogP contribution in [0, 0.1) is 11.6 Å². The van der Waals surface area contributed by atoms with Gasteiger partial charge in [0.25, 0.3) is 5.91 Å². The second-order valence-corrected chi connectivity index (χ2v) is 6.13. The van der Waals surface area contributed by atoms with Crippen molar-refractivity contribution in [3.05, 3.63) is 64.7 Å². The van der Waals surface area contributed by atoms with Crippen molar-refractivity contribution in [1.29, 1.82) is 0 Å². The van der Waals surface area contributed by atoms with Gasteiger partial charge in [0.15, 0.2) is 11.6 Å². The van der Waals surface area contributed by atoms with Gasteiger partial charge in [-0.25, -0.2) is 8.78 Å². The smallest absolute Gasteiger partial charge is 0.253 e. The predicted octanol–water partition coefficient (Wildman–Crippen LogP) is 4.30. The number of carbonyl (C=O) groups excluding carboxylic acids is 1. The lowest BCUT2D eigenvalue weighted by molar-refractivity contribution is 0.0595. The molecule has 0 atom stereocenters. The molecule has 3 rings (SSSR count). The predicted molar refractivity (Wildman–Crippen MR) is 87.4 cm³/mol. The van der Waals surface area contributed by atoms with Gasteiger partial charge < -0.3 is 9.64 Å². The summed E-state index contributed by atoms with van der Waals surface area (Å²) in [5, 5.41) is 0.610. The van der Waals surface area contributed by atoms with Gasteiger partial charge in [0.05, 0.1) is 0 Å². The fourth-order valence-electron chi connectivity index (χ4n) is 2.72. The van der Waals surface area contributed by atoms with E-state index in [2.05, 4.69) is 0 Å². The molecule has 2 aromatic rings. The average molecular weight is 352 g/mol. The minimum Gasteiger partial charge on any atom is -0.490 e. The Labute approximate surface area is 143 Å². The van der Waals surface area contributed by atoms with Crippen molar-refractivity contribution in [1.82, 2.24) is 4.90 Å². The van der Waals surface area contributed by atoms with Crippen LogP contribution in [0.15, 0.2) is 42.5 Å². The highest BCUT2D eigenvalue weighted by molar-refractivity contribution is 6.30. The second kappa shape index (κ2) is 7.18. The van der Waals surface area contributed by atoms with Crippen molar-refractivity contribution < 1.29 is 18.3 Å². The third-order valence-electron chi connectivity index (χ3n) is 3.99. The molecule has 1 fully saturated rings. The highest BCUT2D eigenvalue weighted by atomic mass is 35.5. The van der Waals surface area contributed by atoms with Crippen molar-refractivity contribution >= 4 is 17.5 Å². The van der Waals surface area contributed by atoms with E-state index < -0.39 is 11.6 Å². The molecule has 0 bridgehead atoms. The molecular weight excluding hydrogens is 336 g/mol. The Hall–Kier alpha value is -2.14. The molecule has 0 N–H and O–H groups in total. The number of piperidine rings is 1. The number of halogens is 3. The van der Waals surface area contributed by atoms with E-state index in [0.29, 0.717) is 36.7 Å². The third kappa shape index (κ3) is 3.85. The van der Waals surface area contributed by atoms with Crippen LogP contribution in [0.25, 0.3) is 0 Å². The number of hydrogen-bond acceptors (Lipinski definition) is 2. The highest BCUT2D eigenvalue weighted by Gasteiger charge is 2.25. The minimum atomic E-state index is -1.01. The minimum absolute atomic E-state index is 0.00234. The van der Waals surface area contributed by atoms with Gasteiger partial charge in [-0.05, 0) is 36.4 Å². The van der Waals surface area contributed by atoms with Gasteiger partial charge in [-0.15, -0.1) is 0 Å². The van der Waals surface area contributed by atoms with Crippen molar-refractivity contribution in [2.75, 3.05) is 13.1 Å². The van der Waals surface area contributed by atoms with Crippen molar-refractivity contribution in [3.8, 4) is 5.75 Å².